The van der Waals surface area contributed by atoms with Crippen LogP contribution in [0.4, 0.5) is 0 Å². The standard InChI is InChI=1S/C30H35ClN4O3/c1-2-3-11-25-33-28(31)24(20-36)35(25)19-21-12-14-23(15-13-21)30(16-7-8-17-30)18-26(37)34-27(29(32)38)22-9-5-4-6-10-22/h4-6,9-10,12-15,20,27H,2-3,7-8,11,16-19H2,1H3,(H2,32,38)(H,34,37). The highest BCUT2D eigenvalue weighted by molar-refractivity contribution is 6.31. The fraction of sp³-hybridized carbons (Fsp3) is 0.400. The molecule has 1 unspecified atom stereocenters. The van der Waals surface area contributed by atoms with Gasteiger partial charge in [0.15, 0.2) is 11.4 Å². The maximum atomic E-state index is 13.2. The Labute approximate surface area is 228 Å². The summed E-state index contributed by atoms with van der Waals surface area (Å²) in [6, 6.07) is 16.5. The molecule has 0 bridgehead atoms. The number of nitrogens with two attached hydrogens (primary N) is 1. The van der Waals surface area contributed by atoms with Gasteiger partial charge in [0.1, 0.15) is 17.6 Å². The zero-order valence-corrected chi connectivity index (χ0v) is 22.5. The summed E-state index contributed by atoms with van der Waals surface area (Å²) in [5, 5.41) is 3.11. The summed E-state index contributed by atoms with van der Waals surface area (Å²) >= 11 is 6.24. The molecule has 0 saturated heterocycles. The van der Waals surface area contributed by atoms with Gasteiger partial charge in [0.25, 0.3) is 0 Å². The van der Waals surface area contributed by atoms with E-state index in [1.807, 2.05) is 22.8 Å². The number of aldehydes is 1. The van der Waals surface area contributed by atoms with Gasteiger partial charge in [-0.15, -0.1) is 0 Å². The SMILES string of the molecule is CCCCc1nc(Cl)c(C=O)n1Cc1ccc(C2(CC(=O)NC(C(N)=O)c3ccccc3)CCCC2)cc1. The molecule has 3 aromatic rings. The molecule has 2 amide bonds. The number of carbonyl (C=O) groups is 3. The number of aromatic nitrogens is 2. The predicted octanol–water partition coefficient (Wildman–Crippen LogP) is 5.28. The summed E-state index contributed by atoms with van der Waals surface area (Å²) in [5.74, 6) is 0.0456. The van der Waals surface area contributed by atoms with Crippen molar-refractivity contribution in [2.75, 3.05) is 0 Å². The number of halogens is 1. The Balaban J connectivity index is 1.52. The van der Waals surface area contributed by atoms with Crippen LogP contribution in [0, 0.1) is 0 Å². The Kier molecular flexibility index (Phi) is 9.00. The van der Waals surface area contributed by atoms with Crippen LogP contribution in [0.15, 0.2) is 54.6 Å². The highest BCUT2D eigenvalue weighted by Gasteiger charge is 2.38. The minimum Gasteiger partial charge on any atom is -0.368 e. The van der Waals surface area contributed by atoms with Gasteiger partial charge in [-0.2, -0.15) is 0 Å². The first-order chi connectivity index (χ1) is 18.4. The van der Waals surface area contributed by atoms with Gasteiger partial charge < -0.3 is 15.6 Å². The number of amides is 2. The Bertz CT molecular complexity index is 1260. The van der Waals surface area contributed by atoms with Crippen LogP contribution < -0.4 is 11.1 Å². The third-order valence-electron chi connectivity index (χ3n) is 7.60. The van der Waals surface area contributed by atoms with Crippen LogP contribution >= 0.6 is 11.6 Å². The number of imidazole rings is 1. The summed E-state index contributed by atoms with van der Waals surface area (Å²) in [6.07, 6.45) is 7.70. The normalized spacial score (nSPS) is 15.2. The van der Waals surface area contributed by atoms with Crippen LogP contribution in [0.5, 0.6) is 0 Å². The minimum atomic E-state index is -0.861. The van der Waals surface area contributed by atoms with Crippen molar-refractivity contribution in [2.45, 2.75) is 76.3 Å². The van der Waals surface area contributed by atoms with Crippen molar-refractivity contribution in [3.8, 4) is 0 Å². The second kappa shape index (κ2) is 12.4. The number of carbonyl (C=O) groups excluding carboxylic acids is 3. The zero-order chi connectivity index (χ0) is 27.1. The molecular formula is C30H35ClN4O3. The van der Waals surface area contributed by atoms with Gasteiger partial charge in [0.2, 0.25) is 11.8 Å². The molecule has 0 radical (unpaired) electrons. The molecule has 38 heavy (non-hydrogen) atoms. The molecule has 1 fully saturated rings. The van der Waals surface area contributed by atoms with Gasteiger partial charge in [0.05, 0.1) is 0 Å². The molecule has 1 atom stereocenters. The van der Waals surface area contributed by atoms with Crippen molar-refractivity contribution >= 4 is 29.7 Å². The summed E-state index contributed by atoms with van der Waals surface area (Å²) in [7, 11) is 0. The number of hydrogen-bond donors (Lipinski definition) is 2. The second-order valence-electron chi connectivity index (χ2n) is 10.2. The number of nitrogens with zero attached hydrogens (tertiary/aromatic N) is 2. The van der Waals surface area contributed by atoms with E-state index in [0.29, 0.717) is 17.8 Å². The Morgan fingerprint density at radius 2 is 1.82 bits per heavy atom. The fourth-order valence-corrected chi connectivity index (χ4v) is 5.79. The Morgan fingerprint density at radius 1 is 1.13 bits per heavy atom. The number of aryl methyl sites for hydroxylation is 1. The summed E-state index contributed by atoms with van der Waals surface area (Å²) in [5.41, 5.74) is 8.53. The maximum Gasteiger partial charge on any atom is 0.244 e. The van der Waals surface area contributed by atoms with Crippen molar-refractivity contribution < 1.29 is 14.4 Å². The van der Waals surface area contributed by atoms with E-state index in [4.69, 9.17) is 17.3 Å². The Morgan fingerprint density at radius 3 is 2.42 bits per heavy atom. The van der Waals surface area contributed by atoms with Crippen molar-refractivity contribution in [3.63, 3.8) is 0 Å². The van der Waals surface area contributed by atoms with E-state index in [2.05, 4.69) is 41.5 Å². The van der Waals surface area contributed by atoms with E-state index < -0.39 is 11.9 Å². The molecule has 8 heteroatoms. The van der Waals surface area contributed by atoms with Crippen LogP contribution in [0.2, 0.25) is 5.15 Å². The molecule has 3 N–H and O–H groups in total. The summed E-state index contributed by atoms with van der Waals surface area (Å²) < 4.78 is 1.90. The lowest BCUT2D eigenvalue weighted by molar-refractivity contribution is -0.128. The van der Waals surface area contributed by atoms with E-state index in [9.17, 15) is 14.4 Å². The van der Waals surface area contributed by atoms with Crippen molar-refractivity contribution in [1.82, 2.24) is 14.9 Å². The van der Waals surface area contributed by atoms with E-state index in [1.165, 1.54) is 0 Å². The summed E-state index contributed by atoms with van der Waals surface area (Å²) in [4.78, 5) is 41.4. The number of unbranched alkanes of at least 4 members (excludes halogenated alkanes) is 1. The number of primary amides is 1. The van der Waals surface area contributed by atoms with Crippen molar-refractivity contribution in [3.05, 3.63) is 88.0 Å². The van der Waals surface area contributed by atoms with E-state index in [0.717, 1.165) is 68.2 Å². The summed E-state index contributed by atoms with van der Waals surface area (Å²) in [6.45, 7) is 2.61. The smallest absolute Gasteiger partial charge is 0.244 e. The van der Waals surface area contributed by atoms with Crippen LogP contribution in [-0.2, 0) is 28.0 Å². The highest BCUT2D eigenvalue weighted by atomic mass is 35.5. The van der Waals surface area contributed by atoms with Crippen LogP contribution in [0.25, 0.3) is 0 Å². The van der Waals surface area contributed by atoms with Gasteiger partial charge in [-0.3, -0.25) is 14.4 Å². The maximum absolute atomic E-state index is 13.2. The third-order valence-corrected chi connectivity index (χ3v) is 7.87. The van der Waals surface area contributed by atoms with Crippen molar-refractivity contribution in [2.24, 2.45) is 5.73 Å². The monoisotopic (exact) mass is 534 g/mol. The van der Waals surface area contributed by atoms with Gasteiger partial charge in [-0.1, -0.05) is 92.4 Å². The first-order valence-corrected chi connectivity index (χ1v) is 13.7. The lowest BCUT2D eigenvalue weighted by atomic mass is 9.75. The number of nitrogens with one attached hydrogen (secondary N) is 1. The zero-order valence-electron chi connectivity index (χ0n) is 21.8. The van der Waals surface area contributed by atoms with Crippen LogP contribution in [0.1, 0.15) is 90.9 Å². The van der Waals surface area contributed by atoms with Gasteiger partial charge in [0, 0.05) is 24.8 Å². The van der Waals surface area contributed by atoms with Gasteiger partial charge in [-0.25, -0.2) is 4.98 Å². The molecule has 200 valence electrons. The van der Waals surface area contributed by atoms with Crippen molar-refractivity contribution in [1.29, 1.82) is 0 Å². The molecule has 2 aromatic carbocycles. The molecule has 0 aliphatic heterocycles. The third kappa shape index (κ3) is 6.16. The molecule has 1 aromatic heterocycles. The molecule has 1 aliphatic carbocycles. The highest BCUT2D eigenvalue weighted by Crippen LogP contribution is 2.44. The molecule has 1 aliphatic rings. The molecule has 1 saturated carbocycles. The quantitative estimate of drug-likeness (QED) is 0.308. The van der Waals surface area contributed by atoms with E-state index >= 15 is 0 Å². The van der Waals surface area contributed by atoms with E-state index in [-0.39, 0.29) is 22.9 Å². The van der Waals surface area contributed by atoms with Crippen LogP contribution in [0.3, 0.4) is 0 Å². The molecule has 1 heterocycles. The van der Waals surface area contributed by atoms with E-state index in [1.54, 1.807) is 12.1 Å². The molecule has 7 nitrogen and oxygen atoms in total. The predicted molar refractivity (Wildman–Crippen MR) is 148 cm³/mol. The first-order valence-electron chi connectivity index (χ1n) is 13.3. The lowest BCUT2D eigenvalue weighted by Gasteiger charge is -2.30. The molecule has 0 spiro atoms. The Hall–Kier alpha value is -3.45. The van der Waals surface area contributed by atoms with Gasteiger partial charge >= 0.3 is 0 Å². The second-order valence-corrected chi connectivity index (χ2v) is 10.5. The fourth-order valence-electron chi connectivity index (χ4n) is 5.54. The van der Waals surface area contributed by atoms with Crippen LogP contribution in [-0.4, -0.2) is 27.7 Å². The number of benzene rings is 2. The number of rotatable bonds is 12. The largest absolute Gasteiger partial charge is 0.368 e. The first kappa shape index (κ1) is 27.6. The topological polar surface area (TPSA) is 107 Å². The molecule has 4 rings (SSSR count). The minimum absolute atomic E-state index is 0.187. The molecular weight excluding hydrogens is 500 g/mol. The lowest BCUT2D eigenvalue weighted by Crippen LogP contribution is -2.40. The average molecular weight is 535 g/mol. The van der Waals surface area contributed by atoms with Gasteiger partial charge in [-0.05, 0) is 36.0 Å². The average Bonchev–Trinajstić information content (AvgIpc) is 3.51. The number of hydrogen-bond acceptors (Lipinski definition) is 4.